The number of nitrogens with one attached hydrogen (secondary N) is 1. The fourth-order valence-corrected chi connectivity index (χ4v) is 1.79. The highest BCUT2D eigenvalue weighted by Gasteiger charge is 2.13. The highest BCUT2D eigenvalue weighted by Crippen LogP contribution is 2.26. The second-order valence-electron chi connectivity index (χ2n) is 3.73. The molecule has 0 fully saturated rings. The van der Waals surface area contributed by atoms with E-state index in [-0.39, 0.29) is 0 Å². The molecule has 0 atom stereocenters. The van der Waals surface area contributed by atoms with Gasteiger partial charge < -0.3 is 5.32 Å². The Morgan fingerprint density at radius 1 is 1.50 bits per heavy atom. The summed E-state index contributed by atoms with van der Waals surface area (Å²) in [5.74, 6) is 0. The van der Waals surface area contributed by atoms with Gasteiger partial charge in [0.15, 0.2) is 0 Å². The van der Waals surface area contributed by atoms with Crippen molar-refractivity contribution >= 4 is 6.29 Å². The zero-order chi connectivity index (χ0) is 10.4. The Hall–Kier alpha value is -1.05. The molecular weight excluding hydrogens is 174 g/mol. The molecule has 0 saturated heterocycles. The highest BCUT2D eigenvalue weighted by atomic mass is 16.1. The van der Waals surface area contributed by atoms with Gasteiger partial charge >= 0.3 is 0 Å². The van der Waals surface area contributed by atoms with Crippen molar-refractivity contribution in [3.05, 3.63) is 23.4 Å². The molecule has 0 spiro atoms. The van der Waals surface area contributed by atoms with E-state index >= 15 is 0 Å². The molecule has 14 heavy (non-hydrogen) atoms. The van der Waals surface area contributed by atoms with Crippen LogP contribution in [-0.4, -0.2) is 12.8 Å². The van der Waals surface area contributed by atoms with Gasteiger partial charge in [0.2, 0.25) is 0 Å². The van der Waals surface area contributed by atoms with Gasteiger partial charge in [-0.25, -0.2) is 0 Å². The van der Waals surface area contributed by atoms with Gasteiger partial charge in [0, 0.05) is 12.2 Å². The number of aldehydes is 1. The summed E-state index contributed by atoms with van der Waals surface area (Å²) in [5, 5.41) is 3.26. The lowest BCUT2D eigenvalue weighted by Gasteiger charge is -2.19. The van der Waals surface area contributed by atoms with Gasteiger partial charge in [-0.2, -0.15) is 0 Å². The van der Waals surface area contributed by atoms with Gasteiger partial charge in [-0.05, 0) is 43.3 Å². The van der Waals surface area contributed by atoms with Crippen LogP contribution in [0, 0.1) is 0 Å². The second-order valence-corrected chi connectivity index (χ2v) is 3.73. The van der Waals surface area contributed by atoms with Crippen LogP contribution in [0.25, 0.3) is 0 Å². The highest BCUT2D eigenvalue weighted by molar-refractivity contribution is 5.76. The molecule has 78 valence electrons. The molecule has 0 aromatic rings. The Balaban J connectivity index is 2.66. The summed E-state index contributed by atoms with van der Waals surface area (Å²) < 4.78 is 0. The Morgan fingerprint density at radius 2 is 2.21 bits per heavy atom. The van der Waals surface area contributed by atoms with Crippen LogP contribution in [0.15, 0.2) is 23.4 Å². The van der Waals surface area contributed by atoms with E-state index < -0.39 is 0 Å². The van der Waals surface area contributed by atoms with E-state index in [4.69, 9.17) is 0 Å². The van der Waals surface area contributed by atoms with E-state index in [1.165, 1.54) is 6.42 Å². The smallest absolute Gasteiger partial charge is 0.146 e. The van der Waals surface area contributed by atoms with Crippen molar-refractivity contribution in [1.82, 2.24) is 5.32 Å². The van der Waals surface area contributed by atoms with Gasteiger partial charge in [0.1, 0.15) is 6.29 Å². The predicted octanol–water partition coefficient (Wildman–Crippen LogP) is 2.57. The summed E-state index contributed by atoms with van der Waals surface area (Å²) in [5.41, 5.74) is 3.05. The van der Waals surface area contributed by atoms with Crippen LogP contribution in [0.4, 0.5) is 0 Å². The van der Waals surface area contributed by atoms with Gasteiger partial charge in [0.25, 0.3) is 0 Å². The quantitative estimate of drug-likeness (QED) is 0.680. The Kier molecular flexibility index (Phi) is 4.44. The first-order chi connectivity index (χ1) is 6.79. The third-order valence-corrected chi connectivity index (χ3v) is 2.61. The predicted molar refractivity (Wildman–Crippen MR) is 59.0 cm³/mol. The zero-order valence-corrected chi connectivity index (χ0v) is 8.94. The first-order valence-electron chi connectivity index (χ1n) is 5.40. The molecule has 1 N–H and O–H groups in total. The maximum Gasteiger partial charge on any atom is 0.146 e. The van der Waals surface area contributed by atoms with Crippen molar-refractivity contribution in [2.24, 2.45) is 0 Å². The summed E-state index contributed by atoms with van der Waals surface area (Å²) >= 11 is 0. The van der Waals surface area contributed by atoms with Gasteiger partial charge in [-0.1, -0.05) is 13.5 Å². The minimum absolute atomic E-state index is 0.922. The van der Waals surface area contributed by atoms with E-state index in [1.54, 1.807) is 0 Å². The molecular formula is C12H19NO. The maximum atomic E-state index is 10.8. The SMILES string of the molecule is C=C(NCCC)C1=C(C=O)CCCC1. The third-order valence-electron chi connectivity index (χ3n) is 2.61. The topological polar surface area (TPSA) is 29.1 Å². The molecule has 0 aliphatic heterocycles. The minimum atomic E-state index is 0.922. The van der Waals surface area contributed by atoms with Crippen LogP contribution in [-0.2, 0) is 4.79 Å². The van der Waals surface area contributed by atoms with E-state index in [9.17, 15) is 4.79 Å². The van der Waals surface area contributed by atoms with Gasteiger partial charge in [-0.3, -0.25) is 4.79 Å². The molecule has 0 heterocycles. The fraction of sp³-hybridized carbons (Fsp3) is 0.583. The summed E-state index contributed by atoms with van der Waals surface area (Å²) in [6.45, 7) is 7.05. The lowest BCUT2D eigenvalue weighted by Crippen LogP contribution is -2.17. The van der Waals surface area contributed by atoms with Crippen LogP contribution in [0.2, 0.25) is 0 Å². The monoisotopic (exact) mass is 193 g/mol. The van der Waals surface area contributed by atoms with Crippen molar-refractivity contribution in [2.45, 2.75) is 39.0 Å². The van der Waals surface area contributed by atoms with Crippen molar-refractivity contribution in [2.75, 3.05) is 6.54 Å². The molecule has 0 aromatic heterocycles. The molecule has 0 aromatic carbocycles. The van der Waals surface area contributed by atoms with E-state index in [0.717, 1.165) is 55.4 Å². The summed E-state index contributed by atoms with van der Waals surface area (Å²) in [4.78, 5) is 10.8. The normalized spacial score (nSPS) is 16.6. The maximum absolute atomic E-state index is 10.8. The first kappa shape index (κ1) is 11.0. The number of carbonyl (C=O) groups excluding carboxylic acids is 1. The lowest BCUT2D eigenvalue weighted by molar-refractivity contribution is -0.105. The van der Waals surface area contributed by atoms with Crippen molar-refractivity contribution in [1.29, 1.82) is 0 Å². The van der Waals surface area contributed by atoms with Crippen molar-refractivity contribution in [3.8, 4) is 0 Å². The third kappa shape index (κ3) is 2.72. The molecule has 0 radical (unpaired) electrons. The molecule has 0 unspecified atom stereocenters. The number of hydrogen-bond acceptors (Lipinski definition) is 2. The molecule has 0 amide bonds. The van der Waals surface area contributed by atoms with Crippen LogP contribution in [0.5, 0.6) is 0 Å². The molecule has 1 aliphatic rings. The Labute approximate surface area is 86.1 Å². The van der Waals surface area contributed by atoms with Crippen LogP contribution < -0.4 is 5.32 Å². The fourth-order valence-electron chi connectivity index (χ4n) is 1.79. The van der Waals surface area contributed by atoms with Crippen molar-refractivity contribution in [3.63, 3.8) is 0 Å². The Morgan fingerprint density at radius 3 is 2.86 bits per heavy atom. The molecule has 0 saturated carbocycles. The van der Waals surface area contributed by atoms with Crippen LogP contribution in [0.3, 0.4) is 0 Å². The van der Waals surface area contributed by atoms with E-state index in [1.807, 2.05) is 0 Å². The molecule has 2 heteroatoms. The lowest BCUT2D eigenvalue weighted by atomic mass is 9.91. The summed E-state index contributed by atoms with van der Waals surface area (Å²) in [7, 11) is 0. The standard InChI is InChI=1S/C12H19NO/c1-3-8-13-10(2)12-7-5-4-6-11(12)9-14/h9,13H,2-8H2,1H3. The number of allylic oxidation sites excluding steroid dienone is 2. The number of carbonyl (C=O) groups is 1. The number of rotatable bonds is 5. The first-order valence-corrected chi connectivity index (χ1v) is 5.40. The van der Waals surface area contributed by atoms with E-state index in [0.29, 0.717) is 0 Å². The summed E-state index contributed by atoms with van der Waals surface area (Å²) in [6, 6.07) is 0. The number of hydrogen-bond donors (Lipinski definition) is 1. The average molecular weight is 193 g/mol. The van der Waals surface area contributed by atoms with Crippen LogP contribution in [0.1, 0.15) is 39.0 Å². The average Bonchev–Trinajstić information content (AvgIpc) is 2.25. The van der Waals surface area contributed by atoms with Gasteiger partial charge in [0.05, 0.1) is 0 Å². The Bertz CT molecular complexity index is 253. The molecule has 1 aliphatic carbocycles. The molecule has 2 nitrogen and oxygen atoms in total. The molecule has 1 rings (SSSR count). The van der Waals surface area contributed by atoms with E-state index in [2.05, 4.69) is 18.8 Å². The molecule has 0 bridgehead atoms. The van der Waals surface area contributed by atoms with Crippen molar-refractivity contribution < 1.29 is 4.79 Å². The minimum Gasteiger partial charge on any atom is -0.385 e. The summed E-state index contributed by atoms with van der Waals surface area (Å²) in [6.07, 6.45) is 6.32. The second kappa shape index (κ2) is 5.63. The van der Waals surface area contributed by atoms with Gasteiger partial charge in [-0.15, -0.1) is 0 Å². The largest absolute Gasteiger partial charge is 0.385 e. The van der Waals surface area contributed by atoms with Crippen LogP contribution >= 0.6 is 0 Å². The zero-order valence-electron chi connectivity index (χ0n) is 8.94.